The number of hydrogen-bond acceptors (Lipinski definition) is 2. The van der Waals surface area contributed by atoms with E-state index in [1.54, 1.807) is 6.33 Å². The van der Waals surface area contributed by atoms with E-state index < -0.39 is 0 Å². The second-order valence-corrected chi connectivity index (χ2v) is 2.99. The number of imidazole rings is 1. The molecule has 4 heteroatoms. The number of aromatic nitrogens is 2. The van der Waals surface area contributed by atoms with Crippen molar-refractivity contribution >= 4 is 17.9 Å². The lowest BCUT2D eigenvalue weighted by atomic mass is 10.1. The van der Waals surface area contributed by atoms with Gasteiger partial charge in [-0.1, -0.05) is 18.5 Å². The van der Waals surface area contributed by atoms with E-state index in [2.05, 4.69) is 4.98 Å². The molecule has 0 radical (unpaired) electrons. The van der Waals surface area contributed by atoms with Gasteiger partial charge in [-0.15, -0.1) is 0 Å². The summed E-state index contributed by atoms with van der Waals surface area (Å²) in [6.45, 7) is 4.58. The number of rotatable bonds is 3. The maximum Gasteiger partial charge on any atom is 0.150 e. The summed E-state index contributed by atoms with van der Waals surface area (Å²) in [5.41, 5.74) is 0.800. The van der Waals surface area contributed by atoms with Crippen molar-refractivity contribution in [2.45, 2.75) is 26.3 Å². The fourth-order valence-electron chi connectivity index (χ4n) is 1.13. The van der Waals surface area contributed by atoms with Crippen molar-refractivity contribution in [3.05, 3.63) is 17.2 Å². The SMILES string of the molecule is CCn1cnc(Cl)c1C(C)C=O. The predicted molar refractivity (Wildman–Crippen MR) is 47.4 cm³/mol. The predicted octanol–water partition coefficient (Wildman–Crippen LogP) is 1.86. The number of carbonyl (C=O) groups is 1. The number of halogens is 1. The van der Waals surface area contributed by atoms with E-state index in [4.69, 9.17) is 11.6 Å². The zero-order valence-electron chi connectivity index (χ0n) is 7.12. The van der Waals surface area contributed by atoms with Crippen LogP contribution in [-0.2, 0) is 11.3 Å². The quantitative estimate of drug-likeness (QED) is 0.676. The van der Waals surface area contributed by atoms with Gasteiger partial charge in [0.25, 0.3) is 0 Å². The van der Waals surface area contributed by atoms with Crippen molar-refractivity contribution in [1.29, 1.82) is 0 Å². The second-order valence-electron chi connectivity index (χ2n) is 2.63. The maximum atomic E-state index is 10.5. The summed E-state index contributed by atoms with van der Waals surface area (Å²) in [5.74, 6) is -0.181. The van der Waals surface area contributed by atoms with Crippen LogP contribution in [0.4, 0.5) is 0 Å². The molecule has 1 unspecified atom stereocenters. The van der Waals surface area contributed by atoms with Gasteiger partial charge in [-0.2, -0.15) is 0 Å². The molecule has 1 heterocycles. The molecule has 12 heavy (non-hydrogen) atoms. The highest BCUT2D eigenvalue weighted by molar-refractivity contribution is 6.30. The lowest BCUT2D eigenvalue weighted by Gasteiger charge is -2.07. The zero-order chi connectivity index (χ0) is 9.14. The topological polar surface area (TPSA) is 34.9 Å². The van der Waals surface area contributed by atoms with E-state index in [1.165, 1.54) is 0 Å². The van der Waals surface area contributed by atoms with Crippen LogP contribution in [0.5, 0.6) is 0 Å². The van der Waals surface area contributed by atoms with Crippen LogP contribution in [0.3, 0.4) is 0 Å². The summed E-state index contributed by atoms with van der Waals surface area (Å²) in [5, 5.41) is 0.427. The van der Waals surface area contributed by atoms with E-state index in [9.17, 15) is 4.79 Å². The van der Waals surface area contributed by atoms with Crippen molar-refractivity contribution in [3.63, 3.8) is 0 Å². The van der Waals surface area contributed by atoms with Gasteiger partial charge in [0.05, 0.1) is 17.9 Å². The fraction of sp³-hybridized carbons (Fsp3) is 0.500. The summed E-state index contributed by atoms with van der Waals surface area (Å²) in [7, 11) is 0. The molecule has 0 spiro atoms. The average Bonchev–Trinajstić information content (AvgIpc) is 2.45. The smallest absolute Gasteiger partial charge is 0.150 e. The number of nitrogens with zero attached hydrogens (tertiary/aromatic N) is 2. The van der Waals surface area contributed by atoms with E-state index in [-0.39, 0.29) is 5.92 Å². The van der Waals surface area contributed by atoms with Crippen LogP contribution in [-0.4, -0.2) is 15.8 Å². The summed E-state index contributed by atoms with van der Waals surface area (Å²) in [6.07, 6.45) is 2.52. The van der Waals surface area contributed by atoms with Crippen LogP contribution in [0.15, 0.2) is 6.33 Å². The van der Waals surface area contributed by atoms with Gasteiger partial charge < -0.3 is 9.36 Å². The molecular formula is C8H11ClN2O. The molecule has 0 aromatic carbocycles. The first kappa shape index (κ1) is 9.26. The number of hydrogen-bond donors (Lipinski definition) is 0. The second kappa shape index (κ2) is 3.72. The molecule has 1 aromatic heterocycles. The first-order chi connectivity index (χ1) is 5.70. The Labute approximate surface area is 76.4 Å². The van der Waals surface area contributed by atoms with Crippen LogP contribution in [0.1, 0.15) is 25.5 Å². The van der Waals surface area contributed by atoms with E-state index in [0.717, 1.165) is 18.5 Å². The van der Waals surface area contributed by atoms with Gasteiger partial charge in [-0.25, -0.2) is 4.98 Å². The molecule has 0 bridgehead atoms. The molecule has 3 nitrogen and oxygen atoms in total. The molecule has 0 aliphatic rings. The molecule has 0 N–H and O–H groups in total. The van der Waals surface area contributed by atoms with Crippen molar-refractivity contribution in [1.82, 2.24) is 9.55 Å². The Balaban J connectivity index is 3.09. The highest BCUT2D eigenvalue weighted by Gasteiger charge is 2.14. The largest absolute Gasteiger partial charge is 0.333 e. The van der Waals surface area contributed by atoms with E-state index >= 15 is 0 Å². The van der Waals surface area contributed by atoms with Gasteiger partial charge in [0.1, 0.15) is 6.29 Å². The van der Waals surface area contributed by atoms with E-state index in [0.29, 0.717) is 5.15 Å². The third-order valence-electron chi connectivity index (χ3n) is 1.81. The molecule has 1 atom stereocenters. The monoisotopic (exact) mass is 186 g/mol. The Morgan fingerprint density at radius 1 is 1.83 bits per heavy atom. The molecule has 0 aliphatic heterocycles. The third-order valence-corrected chi connectivity index (χ3v) is 2.10. The summed E-state index contributed by atoms with van der Waals surface area (Å²) < 4.78 is 1.88. The minimum absolute atomic E-state index is 0.181. The van der Waals surface area contributed by atoms with Gasteiger partial charge in [0.2, 0.25) is 0 Å². The molecular weight excluding hydrogens is 176 g/mol. The molecule has 0 saturated heterocycles. The van der Waals surface area contributed by atoms with Crippen molar-refractivity contribution in [2.24, 2.45) is 0 Å². The number of aldehydes is 1. The van der Waals surface area contributed by atoms with Crippen molar-refractivity contribution in [3.8, 4) is 0 Å². The Bertz CT molecular complexity index is 283. The summed E-state index contributed by atoms with van der Waals surface area (Å²) in [6, 6.07) is 0. The molecule has 1 aromatic rings. The average molecular weight is 187 g/mol. The summed E-state index contributed by atoms with van der Waals surface area (Å²) in [4.78, 5) is 14.4. The van der Waals surface area contributed by atoms with Crippen LogP contribution >= 0.6 is 11.6 Å². The van der Waals surface area contributed by atoms with Crippen LogP contribution < -0.4 is 0 Å². The van der Waals surface area contributed by atoms with Gasteiger partial charge >= 0.3 is 0 Å². The Hall–Kier alpha value is -0.830. The first-order valence-corrected chi connectivity index (χ1v) is 4.24. The van der Waals surface area contributed by atoms with E-state index in [1.807, 2.05) is 18.4 Å². The normalized spacial score (nSPS) is 12.9. The Morgan fingerprint density at radius 2 is 2.50 bits per heavy atom. The summed E-state index contributed by atoms with van der Waals surface area (Å²) >= 11 is 5.81. The Morgan fingerprint density at radius 3 is 3.00 bits per heavy atom. The minimum Gasteiger partial charge on any atom is -0.333 e. The lowest BCUT2D eigenvalue weighted by molar-refractivity contribution is -0.108. The lowest BCUT2D eigenvalue weighted by Crippen LogP contribution is -2.04. The number of carbonyl (C=O) groups excluding carboxylic acids is 1. The van der Waals surface area contributed by atoms with Crippen molar-refractivity contribution < 1.29 is 4.79 Å². The molecule has 1 rings (SSSR count). The minimum atomic E-state index is -0.181. The third kappa shape index (κ3) is 1.50. The Kier molecular flexibility index (Phi) is 2.87. The van der Waals surface area contributed by atoms with Crippen LogP contribution in [0.2, 0.25) is 5.15 Å². The maximum absolute atomic E-state index is 10.5. The first-order valence-electron chi connectivity index (χ1n) is 3.86. The fourth-order valence-corrected chi connectivity index (χ4v) is 1.46. The van der Waals surface area contributed by atoms with Gasteiger partial charge in [0.15, 0.2) is 5.15 Å². The molecule has 0 fully saturated rings. The standard InChI is InChI=1S/C8H11ClN2O/c1-3-11-5-10-8(9)7(11)6(2)4-12/h4-6H,3H2,1-2H3. The van der Waals surface area contributed by atoms with Gasteiger partial charge in [-0.3, -0.25) is 0 Å². The van der Waals surface area contributed by atoms with Gasteiger partial charge in [0, 0.05) is 6.54 Å². The molecule has 0 amide bonds. The van der Waals surface area contributed by atoms with Gasteiger partial charge in [-0.05, 0) is 6.92 Å². The molecule has 0 aliphatic carbocycles. The van der Waals surface area contributed by atoms with Crippen LogP contribution in [0.25, 0.3) is 0 Å². The van der Waals surface area contributed by atoms with Crippen LogP contribution in [0, 0.1) is 0 Å². The number of aryl methyl sites for hydroxylation is 1. The van der Waals surface area contributed by atoms with Crippen molar-refractivity contribution in [2.75, 3.05) is 0 Å². The molecule has 0 saturated carbocycles. The highest BCUT2D eigenvalue weighted by Crippen LogP contribution is 2.21. The zero-order valence-corrected chi connectivity index (χ0v) is 7.88. The highest BCUT2D eigenvalue weighted by atomic mass is 35.5. The molecule has 66 valence electrons.